The van der Waals surface area contributed by atoms with Crippen molar-refractivity contribution in [2.24, 2.45) is 0 Å². The Bertz CT molecular complexity index is 1050. The number of fused-ring (bicyclic) bond motifs is 1. The highest BCUT2D eigenvalue weighted by Crippen LogP contribution is 2.24. The highest BCUT2D eigenvalue weighted by molar-refractivity contribution is 9.10. The molecule has 30 heavy (non-hydrogen) atoms. The SMILES string of the molecule is CC(C)(C)OC(=O)N1CCN(c2ncnc3c2cnn3Cc2cccc(Br)n2)CC1. The molecule has 0 bridgehead atoms. The number of ether oxygens (including phenoxy) is 1. The summed E-state index contributed by atoms with van der Waals surface area (Å²) in [4.78, 5) is 29.6. The molecule has 158 valence electrons. The Balaban J connectivity index is 1.49. The van der Waals surface area contributed by atoms with Gasteiger partial charge in [-0.25, -0.2) is 24.4 Å². The molecule has 0 atom stereocenters. The van der Waals surface area contributed by atoms with Gasteiger partial charge in [0.15, 0.2) is 5.65 Å². The number of aromatic nitrogens is 5. The van der Waals surface area contributed by atoms with Crippen LogP contribution in [0.25, 0.3) is 11.0 Å². The molecule has 1 saturated heterocycles. The van der Waals surface area contributed by atoms with Crippen LogP contribution in [-0.4, -0.2) is 67.5 Å². The number of halogens is 1. The average Bonchev–Trinajstić information content (AvgIpc) is 3.10. The summed E-state index contributed by atoms with van der Waals surface area (Å²) in [5.41, 5.74) is 1.15. The van der Waals surface area contributed by atoms with Crippen molar-refractivity contribution in [1.29, 1.82) is 0 Å². The highest BCUT2D eigenvalue weighted by Gasteiger charge is 2.27. The Labute approximate surface area is 183 Å². The van der Waals surface area contributed by atoms with Crippen LogP contribution in [0.2, 0.25) is 0 Å². The molecule has 4 rings (SSSR count). The lowest BCUT2D eigenvalue weighted by Crippen LogP contribution is -2.50. The number of hydrogen-bond acceptors (Lipinski definition) is 7. The predicted molar refractivity (Wildman–Crippen MR) is 116 cm³/mol. The lowest BCUT2D eigenvalue weighted by Gasteiger charge is -2.36. The maximum absolute atomic E-state index is 12.3. The second kappa shape index (κ2) is 8.17. The van der Waals surface area contributed by atoms with Crippen LogP contribution in [0, 0.1) is 0 Å². The molecule has 0 N–H and O–H groups in total. The lowest BCUT2D eigenvalue weighted by molar-refractivity contribution is 0.0240. The molecule has 0 aromatic carbocycles. The zero-order valence-corrected chi connectivity index (χ0v) is 18.8. The van der Waals surface area contributed by atoms with Gasteiger partial charge in [0.05, 0.1) is 23.8 Å². The summed E-state index contributed by atoms with van der Waals surface area (Å²) in [6.45, 7) is 8.65. The van der Waals surface area contributed by atoms with E-state index in [1.165, 1.54) is 0 Å². The second-order valence-corrected chi connectivity index (χ2v) is 8.96. The monoisotopic (exact) mass is 473 g/mol. The molecule has 3 aromatic heterocycles. The number of hydrogen-bond donors (Lipinski definition) is 0. The Morgan fingerprint density at radius 3 is 2.63 bits per heavy atom. The third-order valence-corrected chi connectivity index (χ3v) is 5.17. The van der Waals surface area contributed by atoms with Gasteiger partial charge in [-0.3, -0.25) is 0 Å². The average molecular weight is 474 g/mol. The second-order valence-electron chi connectivity index (χ2n) is 8.14. The predicted octanol–water partition coefficient (Wildman–Crippen LogP) is 3.09. The molecule has 10 heteroatoms. The van der Waals surface area contributed by atoms with Crippen LogP contribution in [0.15, 0.2) is 35.3 Å². The Morgan fingerprint density at radius 1 is 1.17 bits per heavy atom. The van der Waals surface area contributed by atoms with Gasteiger partial charge in [0.2, 0.25) is 0 Å². The van der Waals surface area contributed by atoms with Gasteiger partial charge >= 0.3 is 6.09 Å². The van der Waals surface area contributed by atoms with E-state index >= 15 is 0 Å². The van der Waals surface area contributed by atoms with E-state index in [4.69, 9.17) is 4.74 Å². The molecule has 0 aliphatic carbocycles. The Kier molecular flexibility index (Phi) is 5.59. The maximum atomic E-state index is 12.3. The van der Waals surface area contributed by atoms with Crippen LogP contribution in [0.1, 0.15) is 26.5 Å². The molecule has 3 aromatic rings. The van der Waals surface area contributed by atoms with E-state index in [1.807, 2.05) is 43.7 Å². The normalized spacial score (nSPS) is 14.9. The van der Waals surface area contributed by atoms with Gasteiger partial charge < -0.3 is 14.5 Å². The van der Waals surface area contributed by atoms with E-state index in [1.54, 1.807) is 17.4 Å². The molecule has 0 radical (unpaired) electrons. The van der Waals surface area contributed by atoms with Crippen LogP contribution in [0.3, 0.4) is 0 Å². The minimum absolute atomic E-state index is 0.274. The standard InChI is InChI=1S/C20H24BrN7O2/c1-20(2,3)30-19(29)27-9-7-26(8-10-27)17-15-11-24-28(18(15)23-13-22-17)12-14-5-4-6-16(21)25-14/h4-6,11,13H,7-10,12H2,1-3H3. The first kappa shape index (κ1) is 20.5. The van der Waals surface area contributed by atoms with E-state index < -0.39 is 5.60 Å². The van der Waals surface area contributed by atoms with E-state index in [2.05, 4.69) is 40.9 Å². The lowest BCUT2D eigenvalue weighted by atomic mass is 10.2. The fourth-order valence-corrected chi connectivity index (χ4v) is 3.75. The van der Waals surface area contributed by atoms with Crippen molar-refractivity contribution in [3.05, 3.63) is 41.0 Å². The topological polar surface area (TPSA) is 89.3 Å². The molecule has 1 aliphatic heterocycles. The molecule has 1 amide bonds. The fourth-order valence-electron chi connectivity index (χ4n) is 3.37. The first-order valence-electron chi connectivity index (χ1n) is 9.81. The summed E-state index contributed by atoms with van der Waals surface area (Å²) in [7, 11) is 0. The summed E-state index contributed by atoms with van der Waals surface area (Å²) in [6.07, 6.45) is 3.08. The summed E-state index contributed by atoms with van der Waals surface area (Å²) >= 11 is 3.40. The van der Waals surface area contributed by atoms with Gasteiger partial charge in [0.25, 0.3) is 0 Å². The molecule has 0 unspecified atom stereocenters. The first-order valence-corrected chi connectivity index (χ1v) is 10.6. The highest BCUT2D eigenvalue weighted by atomic mass is 79.9. The quantitative estimate of drug-likeness (QED) is 0.539. The summed E-state index contributed by atoms with van der Waals surface area (Å²) in [5.74, 6) is 0.831. The van der Waals surface area contributed by atoms with E-state index in [0.717, 1.165) is 27.1 Å². The fraction of sp³-hybridized carbons (Fsp3) is 0.450. The van der Waals surface area contributed by atoms with Gasteiger partial charge in [0, 0.05) is 26.2 Å². The van der Waals surface area contributed by atoms with Crippen LogP contribution in [0.5, 0.6) is 0 Å². The van der Waals surface area contributed by atoms with E-state index in [0.29, 0.717) is 32.7 Å². The van der Waals surface area contributed by atoms with Crippen molar-refractivity contribution in [1.82, 2.24) is 29.6 Å². The summed E-state index contributed by atoms with van der Waals surface area (Å²) in [5, 5.41) is 5.39. The van der Waals surface area contributed by atoms with Gasteiger partial charge in [-0.15, -0.1) is 0 Å². The van der Waals surface area contributed by atoms with Crippen molar-refractivity contribution in [2.75, 3.05) is 31.1 Å². The number of rotatable bonds is 3. The molecule has 1 fully saturated rings. The number of carbonyl (C=O) groups excluding carboxylic acids is 1. The van der Waals surface area contributed by atoms with Crippen LogP contribution in [0.4, 0.5) is 10.6 Å². The number of nitrogens with zero attached hydrogens (tertiary/aromatic N) is 7. The van der Waals surface area contributed by atoms with Crippen molar-refractivity contribution in [3.63, 3.8) is 0 Å². The third kappa shape index (κ3) is 4.53. The molecule has 0 spiro atoms. The smallest absolute Gasteiger partial charge is 0.410 e. The van der Waals surface area contributed by atoms with Crippen molar-refractivity contribution >= 4 is 38.9 Å². The third-order valence-electron chi connectivity index (χ3n) is 4.73. The minimum Gasteiger partial charge on any atom is -0.444 e. The van der Waals surface area contributed by atoms with Crippen LogP contribution in [-0.2, 0) is 11.3 Å². The molecule has 1 aliphatic rings. The zero-order valence-electron chi connectivity index (χ0n) is 17.2. The number of carbonyl (C=O) groups is 1. The summed E-state index contributed by atoms with van der Waals surface area (Å²) in [6, 6.07) is 5.79. The van der Waals surface area contributed by atoms with Crippen LogP contribution >= 0.6 is 15.9 Å². The van der Waals surface area contributed by atoms with Crippen molar-refractivity contribution < 1.29 is 9.53 Å². The molecular weight excluding hydrogens is 450 g/mol. The number of pyridine rings is 1. The molecule has 4 heterocycles. The largest absolute Gasteiger partial charge is 0.444 e. The Hall–Kier alpha value is -2.75. The van der Waals surface area contributed by atoms with Crippen molar-refractivity contribution in [3.8, 4) is 0 Å². The maximum Gasteiger partial charge on any atom is 0.410 e. The number of amides is 1. The number of anilines is 1. The van der Waals surface area contributed by atoms with Crippen LogP contribution < -0.4 is 4.90 Å². The molecule has 0 saturated carbocycles. The summed E-state index contributed by atoms with van der Waals surface area (Å²) < 4.78 is 8.09. The minimum atomic E-state index is -0.495. The molecular formula is C20H24BrN7O2. The van der Waals surface area contributed by atoms with Gasteiger partial charge in [-0.1, -0.05) is 6.07 Å². The molecule has 9 nitrogen and oxygen atoms in total. The van der Waals surface area contributed by atoms with Gasteiger partial charge in [-0.2, -0.15) is 5.10 Å². The van der Waals surface area contributed by atoms with Crippen molar-refractivity contribution in [2.45, 2.75) is 32.9 Å². The first-order chi connectivity index (χ1) is 14.3. The van der Waals surface area contributed by atoms with E-state index in [9.17, 15) is 4.79 Å². The number of piperazine rings is 1. The van der Waals surface area contributed by atoms with Gasteiger partial charge in [0.1, 0.15) is 22.3 Å². The van der Waals surface area contributed by atoms with Gasteiger partial charge in [-0.05, 0) is 48.8 Å². The zero-order chi connectivity index (χ0) is 21.3. The Morgan fingerprint density at radius 2 is 1.93 bits per heavy atom. The van der Waals surface area contributed by atoms with E-state index in [-0.39, 0.29) is 6.09 Å².